The highest BCUT2D eigenvalue weighted by Gasteiger charge is 2.46. The fraction of sp³-hybridized carbons (Fsp3) is 0.824. The van der Waals surface area contributed by atoms with Gasteiger partial charge in [-0.05, 0) is 38.0 Å². The predicted molar refractivity (Wildman–Crippen MR) is 85.1 cm³/mol. The van der Waals surface area contributed by atoms with Crippen LogP contribution in [0.5, 0.6) is 0 Å². The van der Waals surface area contributed by atoms with Crippen LogP contribution in [0.4, 0.5) is 0 Å². The van der Waals surface area contributed by atoms with Gasteiger partial charge < -0.3 is 15.0 Å². The van der Waals surface area contributed by atoms with Gasteiger partial charge in [0.15, 0.2) is 0 Å². The van der Waals surface area contributed by atoms with Gasteiger partial charge in [-0.1, -0.05) is 12.8 Å². The summed E-state index contributed by atoms with van der Waals surface area (Å²) in [4.78, 5) is 31.3. The standard InChI is InChI=1S/C17H25N3O3/c21-15(13-4-3-9-23-13)20-8-5-12(11-20)10-14-18-16(22)17(19-14)6-1-2-7-17/h12-13H,1-11H2,(H,18,19,22)/t12-,13+/m1/s1. The first-order valence-electron chi connectivity index (χ1n) is 8.97. The highest BCUT2D eigenvalue weighted by molar-refractivity contribution is 6.08. The van der Waals surface area contributed by atoms with Crippen molar-refractivity contribution in [2.24, 2.45) is 10.9 Å². The molecule has 23 heavy (non-hydrogen) atoms. The summed E-state index contributed by atoms with van der Waals surface area (Å²) >= 11 is 0. The van der Waals surface area contributed by atoms with Crippen molar-refractivity contribution in [1.82, 2.24) is 10.2 Å². The van der Waals surface area contributed by atoms with Gasteiger partial charge in [-0.2, -0.15) is 0 Å². The minimum absolute atomic E-state index is 0.0929. The largest absolute Gasteiger partial charge is 0.368 e. The van der Waals surface area contributed by atoms with Gasteiger partial charge in [0.25, 0.3) is 11.8 Å². The molecule has 1 saturated carbocycles. The van der Waals surface area contributed by atoms with E-state index >= 15 is 0 Å². The summed E-state index contributed by atoms with van der Waals surface area (Å²) in [6.07, 6.45) is 7.34. The van der Waals surface area contributed by atoms with Crippen LogP contribution in [-0.4, -0.2) is 53.9 Å². The summed E-state index contributed by atoms with van der Waals surface area (Å²) < 4.78 is 5.50. The van der Waals surface area contributed by atoms with Crippen LogP contribution in [0.25, 0.3) is 0 Å². The molecule has 3 aliphatic heterocycles. The third-order valence-electron chi connectivity index (χ3n) is 5.74. The highest BCUT2D eigenvalue weighted by Crippen LogP contribution is 2.37. The highest BCUT2D eigenvalue weighted by atomic mass is 16.5. The van der Waals surface area contributed by atoms with Crippen LogP contribution < -0.4 is 5.32 Å². The second-order valence-electron chi connectivity index (χ2n) is 7.40. The second kappa shape index (κ2) is 5.89. The first kappa shape index (κ1) is 15.1. The lowest BCUT2D eigenvalue weighted by molar-refractivity contribution is -0.139. The molecular formula is C17H25N3O3. The van der Waals surface area contributed by atoms with Gasteiger partial charge in [-0.25, -0.2) is 0 Å². The first-order valence-corrected chi connectivity index (χ1v) is 8.97. The number of nitrogens with one attached hydrogen (secondary N) is 1. The zero-order valence-electron chi connectivity index (χ0n) is 13.6. The molecule has 2 atom stereocenters. The Labute approximate surface area is 136 Å². The smallest absolute Gasteiger partial charge is 0.253 e. The summed E-state index contributed by atoms with van der Waals surface area (Å²) in [6.45, 7) is 2.27. The van der Waals surface area contributed by atoms with E-state index in [0.717, 1.165) is 70.3 Å². The molecule has 4 rings (SSSR count). The van der Waals surface area contributed by atoms with E-state index in [1.165, 1.54) is 0 Å². The molecule has 4 aliphatic rings. The van der Waals surface area contributed by atoms with Crippen LogP contribution >= 0.6 is 0 Å². The van der Waals surface area contributed by atoms with Gasteiger partial charge in [0.2, 0.25) is 0 Å². The van der Waals surface area contributed by atoms with E-state index in [4.69, 9.17) is 9.73 Å². The maximum Gasteiger partial charge on any atom is 0.253 e. The van der Waals surface area contributed by atoms with Crippen molar-refractivity contribution in [3.8, 4) is 0 Å². The van der Waals surface area contributed by atoms with Gasteiger partial charge in [-0.3, -0.25) is 14.6 Å². The van der Waals surface area contributed by atoms with Crippen molar-refractivity contribution in [3.05, 3.63) is 0 Å². The minimum Gasteiger partial charge on any atom is -0.368 e. The van der Waals surface area contributed by atoms with Gasteiger partial charge in [0.05, 0.1) is 0 Å². The molecule has 3 fully saturated rings. The van der Waals surface area contributed by atoms with Gasteiger partial charge in [0.1, 0.15) is 17.5 Å². The maximum absolute atomic E-state index is 12.4. The molecule has 0 unspecified atom stereocenters. The third kappa shape index (κ3) is 2.77. The van der Waals surface area contributed by atoms with E-state index in [2.05, 4.69) is 5.32 Å². The normalized spacial score (nSPS) is 32.6. The topological polar surface area (TPSA) is 71.0 Å². The number of rotatable bonds is 3. The Balaban J connectivity index is 1.34. The van der Waals surface area contributed by atoms with E-state index in [-0.39, 0.29) is 17.9 Å². The average Bonchev–Trinajstić information content (AvgIpc) is 3.31. The Bertz CT molecular complexity index is 533. The summed E-state index contributed by atoms with van der Waals surface area (Å²) in [5, 5.41) is 3.00. The lowest BCUT2D eigenvalue weighted by Crippen LogP contribution is -2.38. The van der Waals surface area contributed by atoms with Gasteiger partial charge in [0, 0.05) is 26.1 Å². The molecule has 0 bridgehead atoms. The van der Waals surface area contributed by atoms with E-state index < -0.39 is 5.54 Å². The number of carbonyl (C=O) groups is 2. The predicted octanol–water partition coefficient (Wildman–Crippen LogP) is 1.25. The number of aliphatic imine (C=N–C) groups is 1. The van der Waals surface area contributed by atoms with Crippen molar-refractivity contribution < 1.29 is 14.3 Å². The summed E-state index contributed by atoms with van der Waals surface area (Å²) in [6, 6.07) is 0. The zero-order valence-corrected chi connectivity index (χ0v) is 13.6. The lowest BCUT2D eigenvalue weighted by Gasteiger charge is -2.20. The number of amidine groups is 1. The van der Waals surface area contributed by atoms with Gasteiger partial charge in [-0.15, -0.1) is 0 Å². The SMILES string of the molecule is O=C([C@@H]1CCCO1)N1CC[C@H](CC2=NC3(CCCC3)C(=O)N2)C1. The van der Waals surface area contributed by atoms with Crippen molar-refractivity contribution in [2.45, 2.75) is 63.0 Å². The Morgan fingerprint density at radius 1 is 1.30 bits per heavy atom. The summed E-state index contributed by atoms with van der Waals surface area (Å²) in [5.41, 5.74) is -0.457. The molecule has 126 valence electrons. The maximum atomic E-state index is 12.4. The molecule has 0 aromatic carbocycles. The van der Waals surface area contributed by atoms with E-state index in [0.29, 0.717) is 12.5 Å². The monoisotopic (exact) mass is 319 g/mol. The summed E-state index contributed by atoms with van der Waals surface area (Å²) in [5.74, 6) is 1.48. The van der Waals surface area contributed by atoms with Crippen LogP contribution in [0.3, 0.4) is 0 Å². The molecule has 1 spiro atoms. The lowest BCUT2D eigenvalue weighted by atomic mass is 9.99. The molecule has 6 heteroatoms. The Morgan fingerprint density at radius 2 is 2.13 bits per heavy atom. The van der Waals surface area contributed by atoms with Crippen molar-refractivity contribution in [3.63, 3.8) is 0 Å². The quantitative estimate of drug-likeness (QED) is 0.851. The summed E-state index contributed by atoms with van der Waals surface area (Å²) in [7, 11) is 0. The molecule has 1 aliphatic carbocycles. The number of amides is 2. The van der Waals surface area contributed by atoms with Crippen molar-refractivity contribution in [2.75, 3.05) is 19.7 Å². The second-order valence-corrected chi connectivity index (χ2v) is 7.40. The number of likely N-dealkylation sites (tertiary alicyclic amines) is 1. The Hall–Kier alpha value is -1.43. The Morgan fingerprint density at radius 3 is 2.87 bits per heavy atom. The average molecular weight is 319 g/mol. The number of nitrogens with zero attached hydrogens (tertiary/aromatic N) is 2. The van der Waals surface area contributed by atoms with E-state index in [1.807, 2.05) is 4.90 Å². The van der Waals surface area contributed by atoms with Crippen LogP contribution in [-0.2, 0) is 14.3 Å². The molecule has 2 amide bonds. The number of hydrogen-bond donors (Lipinski definition) is 1. The zero-order chi connectivity index (χ0) is 15.9. The number of carbonyl (C=O) groups excluding carboxylic acids is 2. The molecule has 0 aromatic heterocycles. The van der Waals surface area contributed by atoms with Crippen LogP contribution in [0.15, 0.2) is 4.99 Å². The first-order chi connectivity index (χ1) is 11.2. The van der Waals surface area contributed by atoms with Gasteiger partial charge >= 0.3 is 0 Å². The molecule has 3 heterocycles. The van der Waals surface area contributed by atoms with E-state index in [9.17, 15) is 9.59 Å². The minimum atomic E-state index is -0.457. The van der Waals surface area contributed by atoms with Crippen LogP contribution in [0.1, 0.15) is 51.4 Å². The molecule has 6 nitrogen and oxygen atoms in total. The molecule has 0 radical (unpaired) electrons. The number of ether oxygens (including phenoxy) is 1. The fourth-order valence-corrected chi connectivity index (χ4v) is 4.43. The molecule has 0 aromatic rings. The van der Waals surface area contributed by atoms with Crippen LogP contribution in [0.2, 0.25) is 0 Å². The molecule has 2 saturated heterocycles. The van der Waals surface area contributed by atoms with E-state index in [1.54, 1.807) is 0 Å². The Kier molecular flexibility index (Phi) is 3.87. The van der Waals surface area contributed by atoms with Crippen LogP contribution in [0, 0.1) is 5.92 Å². The number of hydrogen-bond acceptors (Lipinski definition) is 4. The van der Waals surface area contributed by atoms with Crippen molar-refractivity contribution in [1.29, 1.82) is 0 Å². The molecular weight excluding hydrogens is 294 g/mol. The molecule has 1 N–H and O–H groups in total. The van der Waals surface area contributed by atoms with Crippen molar-refractivity contribution >= 4 is 17.6 Å². The third-order valence-corrected chi connectivity index (χ3v) is 5.74. The fourth-order valence-electron chi connectivity index (χ4n) is 4.43.